The smallest absolute Gasteiger partial charge is 0.307 e. The van der Waals surface area contributed by atoms with Crippen LogP contribution in [0, 0.1) is 5.92 Å². The average molecular weight is 295 g/mol. The Morgan fingerprint density at radius 1 is 1.50 bits per heavy atom. The number of hydrogen-bond acceptors (Lipinski definition) is 4. The molecule has 0 spiro atoms. The predicted molar refractivity (Wildman–Crippen MR) is 79.1 cm³/mol. The number of fused-ring (bicyclic) bond motifs is 1. The van der Waals surface area contributed by atoms with E-state index in [0.29, 0.717) is 6.54 Å². The lowest BCUT2D eigenvalue weighted by Gasteiger charge is -2.19. The van der Waals surface area contributed by atoms with Crippen LogP contribution in [-0.2, 0) is 22.4 Å². The van der Waals surface area contributed by atoms with Gasteiger partial charge in [-0.25, -0.2) is 0 Å². The van der Waals surface area contributed by atoms with Crippen molar-refractivity contribution in [2.24, 2.45) is 5.92 Å². The number of nitrogens with one attached hydrogen (secondary N) is 1. The summed E-state index contributed by atoms with van der Waals surface area (Å²) in [6.07, 6.45) is 4.83. The molecule has 1 aromatic rings. The van der Waals surface area contributed by atoms with Crippen LogP contribution in [-0.4, -0.2) is 25.5 Å². The Morgan fingerprint density at radius 2 is 2.30 bits per heavy atom. The van der Waals surface area contributed by atoms with E-state index >= 15 is 0 Å². The van der Waals surface area contributed by atoms with Gasteiger partial charge in [-0.2, -0.15) is 0 Å². The Kier molecular flexibility index (Phi) is 5.17. The normalized spacial score (nSPS) is 17.4. The van der Waals surface area contributed by atoms with Gasteiger partial charge in [-0.05, 0) is 36.8 Å². The van der Waals surface area contributed by atoms with E-state index in [9.17, 15) is 9.59 Å². The molecule has 1 N–H and O–H groups in total. The molecule has 2 rings (SSSR count). The number of amides is 1. The van der Waals surface area contributed by atoms with Crippen LogP contribution in [0.3, 0.4) is 0 Å². The third-order valence-corrected chi connectivity index (χ3v) is 5.06. The Hall–Kier alpha value is -1.36. The van der Waals surface area contributed by atoms with Crippen molar-refractivity contribution in [3.05, 3.63) is 21.4 Å². The number of ether oxygens (including phenoxy) is 1. The van der Waals surface area contributed by atoms with Gasteiger partial charge in [-0.15, -0.1) is 11.3 Å². The van der Waals surface area contributed by atoms with Crippen molar-refractivity contribution in [1.82, 2.24) is 5.32 Å². The van der Waals surface area contributed by atoms with E-state index in [-0.39, 0.29) is 18.3 Å². The SMILES string of the molecule is CCC1CCc2sc(C(=O)NCCC(=O)OC)cc2C1. The summed E-state index contributed by atoms with van der Waals surface area (Å²) in [5.41, 5.74) is 1.34. The standard InChI is InChI=1S/C15H21NO3S/c1-3-10-4-5-12-11(8-10)9-13(20-12)15(18)16-7-6-14(17)19-2/h9-10H,3-8H2,1-2H3,(H,16,18). The van der Waals surface area contributed by atoms with E-state index in [1.165, 1.54) is 30.4 Å². The van der Waals surface area contributed by atoms with E-state index in [2.05, 4.69) is 17.0 Å². The number of aryl methyl sites for hydroxylation is 1. The lowest BCUT2D eigenvalue weighted by Crippen LogP contribution is -2.25. The monoisotopic (exact) mass is 295 g/mol. The van der Waals surface area contributed by atoms with Crippen molar-refractivity contribution in [2.45, 2.75) is 39.0 Å². The van der Waals surface area contributed by atoms with Gasteiger partial charge in [-0.3, -0.25) is 9.59 Å². The van der Waals surface area contributed by atoms with Crippen LogP contribution in [0.5, 0.6) is 0 Å². The molecule has 1 aliphatic rings. The number of rotatable bonds is 5. The molecule has 1 aromatic heterocycles. The molecule has 1 heterocycles. The quantitative estimate of drug-likeness (QED) is 0.849. The summed E-state index contributed by atoms with van der Waals surface area (Å²) in [4.78, 5) is 25.1. The Balaban J connectivity index is 1.91. The Labute approximate surface area is 123 Å². The summed E-state index contributed by atoms with van der Waals surface area (Å²) >= 11 is 1.59. The first kappa shape index (κ1) is 15.0. The van der Waals surface area contributed by atoms with Crippen molar-refractivity contribution >= 4 is 23.2 Å². The summed E-state index contributed by atoms with van der Waals surface area (Å²) in [6.45, 7) is 2.55. The molecule has 20 heavy (non-hydrogen) atoms. The fraction of sp³-hybridized carbons (Fsp3) is 0.600. The minimum atomic E-state index is -0.304. The molecule has 4 nitrogen and oxygen atoms in total. The van der Waals surface area contributed by atoms with Gasteiger partial charge < -0.3 is 10.1 Å². The maximum atomic E-state index is 12.0. The minimum absolute atomic E-state index is 0.0821. The molecular formula is C15H21NO3S. The number of carbonyl (C=O) groups is 2. The number of hydrogen-bond donors (Lipinski definition) is 1. The molecular weight excluding hydrogens is 274 g/mol. The number of thiophene rings is 1. The molecule has 0 radical (unpaired) electrons. The summed E-state index contributed by atoms with van der Waals surface area (Å²) in [7, 11) is 1.35. The molecule has 5 heteroatoms. The molecule has 1 amide bonds. The third kappa shape index (κ3) is 3.60. The van der Waals surface area contributed by atoms with E-state index in [0.717, 1.165) is 23.6 Å². The molecule has 0 saturated carbocycles. The molecule has 110 valence electrons. The number of methoxy groups -OCH3 is 1. The van der Waals surface area contributed by atoms with Crippen molar-refractivity contribution in [2.75, 3.05) is 13.7 Å². The fourth-order valence-corrected chi connectivity index (χ4v) is 3.65. The second-order valence-corrected chi connectivity index (χ2v) is 6.29. The van der Waals surface area contributed by atoms with E-state index in [1.54, 1.807) is 11.3 Å². The lowest BCUT2D eigenvalue weighted by molar-refractivity contribution is -0.140. The maximum absolute atomic E-state index is 12.0. The fourth-order valence-electron chi connectivity index (χ4n) is 2.53. The first-order chi connectivity index (χ1) is 9.63. The third-order valence-electron chi connectivity index (χ3n) is 3.83. The van der Waals surface area contributed by atoms with Crippen LogP contribution < -0.4 is 5.32 Å². The van der Waals surface area contributed by atoms with E-state index in [4.69, 9.17) is 0 Å². The molecule has 0 fully saturated rings. The molecule has 0 aromatic carbocycles. The zero-order valence-corrected chi connectivity index (χ0v) is 12.8. The largest absolute Gasteiger partial charge is 0.469 e. The van der Waals surface area contributed by atoms with Gasteiger partial charge >= 0.3 is 5.97 Å². The van der Waals surface area contributed by atoms with Crippen LogP contribution in [0.25, 0.3) is 0 Å². The van der Waals surface area contributed by atoms with Gasteiger partial charge in [0, 0.05) is 11.4 Å². The highest BCUT2D eigenvalue weighted by Gasteiger charge is 2.21. The molecule has 1 unspecified atom stereocenters. The highest BCUT2D eigenvalue weighted by Crippen LogP contribution is 2.33. The molecule has 1 atom stereocenters. The van der Waals surface area contributed by atoms with E-state index in [1.807, 2.05) is 6.07 Å². The van der Waals surface area contributed by atoms with Crippen LogP contribution >= 0.6 is 11.3 Å². The maximum Gasteiger partial charge on any atom is 0.307 e. The predicted octanol–water partition coefficient (Wildman–Crippen LogP) is 2.56. The van der Waals surface area contributed by atoms with Gasteiger partial charge in [0.1, 0.15) is 0 Å². The zero-order valence-electron chi connectivity index (χ0n) is 12.0. The van der Waals surface area contributed by atoms with Crippen molar-refractivity contribution in [3.63, 3.8) is 0 Å². The summed E-state index contributed by atoms with van der Waals surface area (Å²) < 4.78 is 4.54. The number of esters is 1. The molecule has 0 aliphatic heterocycles. The zero-order chi connectivity index (χ0) is 14.5. The van der Waals surface area contributed by atoms with Crippen LogP contribution in [0.4, 0.5) is 0 Å². The first-order valence-electron chi connectivity index (χ1n) is 7.10. The van der Waals surface area contributed by atoms with Gasteiger partial charge in [-0.1, -0.05) is 13.3 Å². The van der Waals surface area contributed by atoms with Crippen LogP contribution in [0.15, 0.2) is 6.07 Å². The van der Waals surface area contributed by atoms with Gasteiger partial charge in [0.2, 0.25) is 0 Å². The topological polar surface area (TPSA) is 55.4 Å². The van der Waals surface area contributed by atoms with Gasteiger partial charge in [0.05, 0.1) is 18.4 Å². The van der Waals surface area contributed by atoms with E-state index < -0.39 is 0 Å². The van der Waals surface area contributed by atoms with Crippen LogP contribution in [0.2, 0.25) is 0 Å². The van der Waals surface area contributed by atoms with Crippen molar-refractivity contribution in [3.8, 4) is 0 Å². The lowest BCUT2D eigenvalue weighted by atomic mass is 9.87. The summed E-state index contributed by atoms with van der Waals surface area (Å²) in [6, 6.07) is 2.02. The Bertz CT molecular complexity index is 495. The highest BCUT2D eigenvalue weighted by molar-refractivity contribution is 7.14. The second kappa shape index (κ2) is 6.88. The van der Waals surface area contributed by atoms with Gasteiger partial charge in [0.25, 0.3) is 5.91 Å². The van der Waals surface area contributed by atoms with Gasteiger partial charge in [0.15, 0.2) is 0 Å². The number of carbonyl (C=O) groups excluding carboxylic acids is 2. The summed E-state index contributed by atoms with van der Waals surface area (Å²) in [5, 5.41) is 2.77. The molecule has 1 aliphatic carbocycles. The Morgan fingerprint density at radius 3 is 3.00 bits per heavy atom. The van der Waals surface area contributed by atoms with Crippen LogP contribution in [0.1, 0.15) is 46.3 Å². The summed E-state index contributed by atoms with van der Waals surface area (Å²) in [5.74, 6) is 0.371. The van der Waals surface area contributed by atoms with Crippen molar-refractivity contribution < 1.29 is 14.3 Å². The molecule has 0 bridgehead atoms. The highest BCUT2D eigenvalue weighted by atomic mass is 32.1. The second-order valence-electron chi connectivity index (χ2n) is 5.16. The first-order valence-corrected chi connectivity index (χ1v) is 7.92. The average Bonchev–Trinajstić information content (AvgIpc) is 2.89. The molecule has 0 saturated heterocycles. The van der Waals surface area contributed by atoms with Crippen molar-refractivity contribution in [1.29, 1.82) is 0 Å². The minimum Gasteiger partial charge on any atom is -0.469 e.